The van der Waals surface area contributed by atoms with Gasteiger partial charge in [0.2, 0.25) is 15.9 Å². The molecule has 0 aromatic heterocycles. The van der Waals surface area contributed by atoms with E-state index in [1.165, 1.54) is 17.0 Å². The van der Waals surface area contributed by atoms with E-state index in [1.807, 2.05) is 0 Å². The number of sulfonamides is 1. The number of hydrogen-bond donors (Lipinski definition) is 2. The minimum Gasteiger partial charge on any atom is -0.480 e. The number of benzene rings is 1. The zero-order valence-electron chi connectivity index (χ0n) is 12.6. The van der Waals surface area contributed by atoms with Gasteiger partial charge >= 0.3 is 5.97 Å². The number of piperidine rings is 1. The Hall–Kier alpha value is -1.93. The Kier molecular flexibility index (Phi) is 5.73. The highest BCUT2D eigenvalue weighted by Crippen LogP contribution is 2.18. The fourth-order valence-electron chi connectivity index (χ4n) is 2.61. The predicted molar refractivity (Wildman–Crippen MR) is 83.2 cm³/mol. The lowest BCUT2D eigenvalue weighted by Crippen LogP contribution is -2.48. The van der Waals surface area contributed by atoms with Gasteiger partial charge in [-0.2, -0.15) is 0 Å². The monoisotopic (exact) mass is 340 g/mol. The molecule has 0 radical (unpaired) electrons. The summed E-state index contributed by atoms with van der Waals surface area (Å²) in [6, 6.07) is 7.08. The SMILES string of the molecule is O=C(O)[C@H]1CCCCN1C(=O)CCNS(=O)(=O)c1ccccc1. The molecule has 7 nitrogen and oxygen atoms in total. The molecule has 23 heavy (non-hydrogen) atoms. The number of likely N-dealkylation sites (tertiary alicyclic amines) is 1. The third-order valence-corrected chi connectivity index (χ3v) is 5.27. The van der Waals surface area contributed by atoms with E-state index in [9.17, 15) is 18.0 Å². The second-order valence-electron chi connectivity index (χ2n) is 5.40. The Morgan fingerprint density at radius 2 is 1.91 bits per heavy atom. The van der Waals surface area contributed by atoms with Crippen LogP contribution in [0, 0.1) is 0 Å². The van der Waals surface area contributed by atoms with E-state index in [0.29, 0.717) is 13.0 Å². The van der Waals surface area contributed by atoms with Crippen molar-refractivity contribution in [2.45, 2.75) is 36.6 Å². The lowest BCUT2D eigenvalue weighted by Gasteiger charge is -2.33. The number of carbonyl (C=O) groups excluding carboxylic acids is 1. The van der Waals surface area contributed by atoms with Gasteiger partial charge in [-0.05, 0) is 31.4 Å². The van der Waals surface area contributed by atoms with Crippen LogP contribution in [-0.2, 0) is 19.6 Å². The van der Waals surface area contributed by atoms with Crippen LogP contribution in [0.2, 0.25) is 0 Å². The summed E-state index contributed by atoms with van der Waals surface area (Å²) in [5, 5.41) is 9.16. The summed E-state index contributed by atoms with van der Waals surface area (Å²) in [7, 11) is -3.65. The largest absolute Gasteiger partial charge is 0.480 e. The predicted octanol–water partition coefficient (Wildman–Crippen LogP) is 0.821. The molecule has 1 amide bonds. The van der Waals surface area contributed by atoms with Crippen molar-refractivity contribution in [1.29, 1.82) is 0 Å². The van der Waals surface area contributed by atoms with Crippen LogP contribution < -0.4 is 4.72 Å². The standard InChI is InChI=1S/C15H20N2O5S/c18-14(17-11-5-4-8-13(17)15(19)20)9-10-16-23(21,22)12-6-2-1-3-7-12/h1-3,6-7,13,16H,4-5,8-11H2,(H,19,20)/t13-/m1/s1. The molecule has 2 rings (SSSR count). The first kappa shape index (κ1) is 17.4. The Morgan fingerprint density at radius 1 is 1.22 bits per heavy atom. The van der Waals surface area contributed by atoms with E-state index in [0.717, 1.165) is 12.8 Å². The van der Waals surface area contributed by atoms with Crippen LogP contribution in [0.1, 0.15) is 25.7 Å². The molecule has 1 aromatic rings. The Bertz CT molecular complexity index is 660. The van der Waals surface area contributed by atoms with Crippen molar-refractivity contribution >= 4 is 21.9 Å². The lowest BCUT2D eigenvalue weighted by atomic mass is 10.0. The number of carboxylic acid groups (broad SMARTS) is 1. The summed E-state index contributed by atoms with van der Waals surface area (Å²) >= 11 is 0. The van der Waals surface area contributed by atoms with Crippen LogP contribution in [0.4, 0.5) is 0 Å². The maximum Gasteiger partial charge on any atom is 0.326 e. The average Bonchev–Trinajstić information content (AvgIpc) is 2.55. The zero-order valence-corrected chi connectivity index (χ0v) is 13.5. The van der Waals surface area contributed by atoms with Gasteiger partial charge in [0.1, 0.15) is 6.04 Å². The second kappa shape index (κ2) is 7.56. The number of rotatable bonds is 6. The Labute approximate surface area is 135 Å². The topological polar surface area (TPSA) is 104 Å². The Morgan fingerprint density at radius 3 is 2.57 bits per heavy atom. The number of nitrogens with one attached hydrogen (secondary N) is 1. The van der Waals surface area contributed by atoms with Crippen molar-refractivity contribution in [3.05, 3.63) is 30.3 Å². The molecule has 0 saturated carbocycles. The summed E-state index contributed by atoms with van der Waals surface area (Å²) in [6.45, 7) is 0.347. The Balaban J connectivity index is 1.90. The normalized spacial score (nSPS) is 18.6. The van der Waals surface area contributed by atoms with Crippen molar-refractivity contribution in [2.75, 3.05) is 13.1 Å². The number of carboxylic acids is 1. The van der Waals surface area contributed by atoms with E-state index >= 15 is 0 Å². The first-order valence-electron chi connectivity index (χ1n) is 7.49. The zero-order chi connectivity index (χ0) is 16.9. The maximum absolute atomic E-state index is 12.2. The summed E-state index contributed by atoms with van der Waals surface area (Å²) in [6.07, 6.45) is 1.93. The number of hydrogen-bond acceptors (Lipinski definition) is 4. The lowest BCUT2D eigenvalue weighted by molar-refractivity contribution is -0.152. The number of nitrogens with zero attached hydrogens (tertiary/aromatic N) is 1. The van der Waals surface area contributed by atoms with E-state index < -0.39 is 22.0 Å². The van der Waals surface area contributed by atoms with E-state index in [-0.39, 0.29) is 23.8 Å². The number of carbonyl (C=O) groups is 2. The second-order valence-corrected chi connectivity index (χ2v) is 7.16. The highest BCUT2D eigenvalue weighted by atomic mass is 32.2. The molecule has 0 unspecified atom stereocenters. The van der Waals surface area contributed by atoms with Crippen molar-refractivity contribution in [3.8, 4) is 0 Å². The first-order valence-corrected chi connectivity index (χ1v) is 8.97. The smallest absolute Gasteiger partial charge is 0.326 e. The third-order valence-electron chi connectivity index (χ3n) is 3.79. The molecule has 1 fully saturated rings. The van der Waals surface area contributed by atoms with E-state index in [2.05, 4.69) is 4.72 Å². The summed E-state index contributed by atoms with van der Waals surface area (Å²) < 4.78 is 26.4. The molecular weight excluding hydrogens is 320 g/mol. The van der Waals surface area contributed by atoms with Crippen LogP contribution in [-0.4, -0.2) is 49.4 Å². The molecule has 0 bridgehead atoms. The first-order chi connectivity index (χ1) is 10.9. The van der Waals surface area contributed by atoms with Crippen molar-refractivity contribution in [2.24, 2.45) is 0 Å². The van der Waals surface area contributed by atoms with Crippen molar-refractivity contribution in [3.63, 3.8) is 0 Å². The summed E-state index contributed by atoms with van der Waals surface area (Å²) in [4.78, 5) is 24.8. The third kappa shape index (κ3) is 4.52. The number of aliphatic carboxylic acids is 1. The summed E-state index contributed by atoms with van der Waals surface area (Å²) in [5.41, 5.74) is 0. The molecule has 0 spiro atoms. The van der Waals surface area contributed by atoms with Gasteiger partial charge in [0.15, 0.2) is 0 Å². The quantitative estimate of drug-likeness (QED) is 0.798. The minimum atomic E-state index is -3.65. The average molecular weight is 340 g/mol. The van der Waals surface area contributed by atoms with Crippen LogP contribution in [0.3, 0.4) is 0 Å². The van der Waals surface area contributed by atoms with Gasteiger partial charge in [-0.1, -0.05) is 18.2 Å². The fourth-order valence-corrected chi connectivity index (χ4v) is 3.66. The van der Waals surface area contributed by atoms with Crippen molar-refractivity contribution < 1.29 is 23.1 Å². The van der Waals surface area contributed by atoms with Gasteiger partial charge in [-0.15, -0.1) is 0 Å². The van der Waals surface area contributed by atoms with Gasteiger partial charge in [-0.3, -0.25) is 4.79 Å². The highest BCUT2D eigenvalue weighted by Gasteiger charge is 2.31. The van der Waals surface area contributed by atoms with Crippen LogP contribution in [0.5, 0.6) is 0 Å². The van der Waals surface area contributed by atoms with Gasteiger partial charge in [0.05, 0.1) is 4.90 Å². The molecule has 126 valence electrons. The molecule has 2 N–H and O–H groups in total. The van der Waals surface area contributed by atoms with Crippen LogP contribution in [0.15, 0.2) is 35.2 Å². The number of amides is 1. The molecular formula is C15H20N2O5S. The highest BCUT2D eigenvalue weighted by molar-refractivity contribution is 7.89. The van der Waals surface area contributed by atoms with Gasteiger partial charge in [-0.25, -0.2) is 17.9 Å². The molecule has 1 heterocycles. The van der Waals surface area contributed by atoms with Crippen molar-refractivity contribution in [1.82, 2.24) is 9.62 Å². The fraction of sp³-hybridized carbons (Fsp3) is 0.467. The van der Waals surface area contributed by atoms with Crippen LogP contribution >= 0.6 is 0 Å². The van der Waals surface area contributed by atoms with E-state index in [1.54, 1.807) is 18.2 Å². The molecule has 1 aliphatic rings. The molecule has 1 saturated heterocycles. The van der Waals surface area contributed by atoms with Gasteiger partial charge in [0, 0.05) is 19.5 Å². The van der Waals surface area contributed by atoms with Crippen LogP contribution in [0.25, 0.3) is 0 Å². The molecule has 0 aliphatic carbocycles. The minimum absolute atomic E-state index is 0.0566. The van der Waals surface area contributed by atoms with Gasteiger partial charge < -0.3 is 10.0 Å². The summed E-state index contributed by atoms with van der Waals surface area (Å²) in [5.74, 6) is -1.35. The maximum atomic E-state index is 12.2. The molecule has 1 aliphatic heterocycles. The molecule has 1 aromatic carbocycles. The molecule has 8 heteroatoms. The molecule has 1 atom stereocenters. The van der Waals surface area contributed by atoms with E-state index in [4.69, 9.17) is 5.11 Å². The van der Waals surface area contributed by atoms with Gasteiger partial charge in [0.25, 0.3) is 0 Å².